The first kappa shape index (κ1) is 15.0. The lowest BCUT2D eigenvalue weighted by Crippen LogP contribution is -2.23. The van der Waals surface area contributed by atoms with Gasteiger partial charge in [0.2, 0.25) is 0 Å². The first-order chi connectivity index (χ1) is 11.7. The highest BCUT2D eigenvalue weighted by atomic mass is 16.5. The van der Waals surface area contributed by atoms with E-state index in [0.717, 1.165) is 11.3 Å². The molecule has 1 aliphatic heterocycles. The van der Waals surface area contributed by atoms with Gasteiger partial charge in [-0.3, -0.25) is 0 Å². The second-order valence-corrected chi connectivity index (χ2v) is 6.27. The highest BCUT2D eigenvalue weighted by molar-refractivity contribution is 5.93. The van der Waals surface area contributed by atoms with Crippen molar-refractivity contribution in [3.63, 3.8) is 0 Å². The number of imidazole rings is 1. The lowest BCUT2D eigenvalue weighted by molar-refractivity contribution is -0.573. The maximum Gasteiger partial charge on any atom is 0.366 e. The molecule has 0 amide bonds. The van der Waals surface area contributed by atoms with Gasteiger partial charge in [-0.2, -0.15) is 0 Å². The van der Waals surface area contributed by atoms with E-state index < -0.39 is 6.04 Å². The molecule has 2 aromatic heterocycles. The normalized spacial score (nSPS) is 21.1. The average molecular weight is 326 g/mol. The van der Waals surface area contributed by atoms with Gasteiger partial charge in [0.05, 0.1) is 11.7 Å². The van der Waals surface area contributed by atoms with Gasteiger partial charge in [0.25, 0.3) is 0 Å². The van der Waals surface area contributed by atoms with Crippen LogP contribution in [0.4, 0.5) is 0 Å². The number of ether oxygens (including phenoxy) is 1. The van der Waals surface area contributed by atoms with Crippen molar-refractivity contribution in [1.29, 1.82) is 0 Å². The number of fused-ring (bicyclic) bond motifs is 1. The molecule has 0 saturated heterocycles. The number of esters is 1. The number of rotatable bonds is 5. The molecule has 2 atom stereocenters. The zero-order valence-electron chi connectivity index (χ0n) is 13.8. The SMILES string of the molecule is CCOC(=O)C1C=[N+](C(C)c2cn3cc(C4CC4)ccc3n2)N=N1. The van der Waals surface area contributed by atoms with Crippen LogP contribution in [0.1, 0.15) is 49.9 Å². The summed E-state index contributed by atoms with van der Waals surface area (Å²) in [5.41, 5.74) is 3.18. The number of carbonyl (C=O) groups is 1. The van der Waals surface area contributed by atoms with Crippen molar-refractivity contribution in [3.8, 4) is 0 Å². The van der Waals surface area contributed by atoms with Gasteiger partial charge >= 0.3 is 12.0 Å². The summed E-state index contributed by atoms with van der Waals surface area (Å²) in [5.74, 6) is 0.337. The molecule has 3 heterocycles. The van der Waals surface area contributed by atoms with Crippen molar-refractivity contribution < 1.29 is 14.2 Å². The van der Waals surface area contributed by atoms with E-state index >= 15 is 0 Å². The third kappa shape index (κ3) is 2.70. The van der Waals surface area contributed by atoms with E-state index in [-0.39, 0.29) is 12.0 Å². The molecule has 2 unspecified atom stereocenters. The largest absolute Gasteiger partial charge is 0.462 e. The molecule has 1 saturated carbocycles. The van der Waals surface area contributed by atoms with E-state index in [2.05, 4.69) is 38.1 Å². The summed E-state index contributed by atoms with van der Waals surface area (Å²) < 4.78 is 8.72. The smallest absolute Gasteiger partial charge is 0.366 e. The second-order valence-electron chi connectivity index (χ2n) is 6.27. The summed E-state index contributed by atoms with van der Waals surface area (Å²) in [6.45, 7) is 4.10. The third-order valence-electron chi connectivity index (χ3n) is 4.47. The lowest BCUT2D eigenvalue weighted by atomic mass is 10.2. The molecule has 7 nitrogen and oxygen atoms in total. The van der Waals surface area contributed by atoms with Crippen LogP contribution in [0, 0.1) is 0 Å². The average Bonchev–Trinajstić information content (AvgIpc) is 3.16. The molecular formula is C17H20N5O2+. The molecule has 0 bridgehead atoms. The second kappa shape index (κ2) is 5.81. The first-order valence-electron chi connectivity index (χ1n) is 8.35. The Morgan fingerprint density at radius 3 is 3.00 bits per heavy atom. The minimum Gasteiger partial charge on any atom is -0.462 e. The predicted octanol–water partition coefficient (Wildman–Crippen LogP) is 2.67. The number of aromatic nitrogens is 2. The quantitative estimate of drug-likeness (QED) is 0.626. The van der Waals surface area contributed by atoms with E-state index in [1.807, 2.05) is 13.1 Å². The monoisotopic (exact) mass is 326 g/mol. The third-order valence-corrected chi connectivity index (χ3v) is 4.47. The Morgan fingerprint density at radius 1 is 1.42 bits per heavy atom. The number of hydrogen-bond donors (Lipinski definition) is 0. The Bertz CT molecular complexity index is 850. The van der Waals surface area contributed by atoms with Gasteiger partial charge < -0.3 is 9.14 Å². The van der Waals surface area contributed by atoms with Gasteiger partial charge in [0.1, 0.15) is 16.6 Å². The van der Waals surface area contributed by atoms with Crippen molar-refractivity contribution >= 4 is 17.8 Å². The summed E-state index contributed by atoms with van der Waals surface area (Å²) in [5, 5.41) is 8.04. The van der Waals surface area contributed by atoms with E-state index in [9.17, 15) is 4.79 Å². The molecular weight excluding hydrogens is 306 g/mol. The molecule has 4 rings (SSSR count). The number of hydrogen-bond acceptors (Lipinski definition) is 5. The fraction of sp³-hybridized carbons (Fsp3) is 0.471. The van der Waals surface area contributed by atoms with Gasteiger partial charge in [0, 0.05) is 12.4 Å². The molecule has 0 N–H and O–H groups in total. The van der Waals surface area contributed by atoms with Gasteiger partial charge in [-0.15, -0.1) is 4.68 Å². The Kier molecular flexibility index (Phi) is 3.63. The molecule has 0 aromatic carbocycles. The summed E-state index contributed by atoms with van der Waals surface area (Å²) >= 11 is 0. The van der Waals surface area contributed by atoms with Crippen molar-refractivity contribution in [3.05, 3.63) is 35.8 Å². The van der Waals surface area contributed by atoms with E-state index in [4.69, 9.17) is 4.74 Å². The van der Waals surface area contributed by atoms with Crippen molar-refractivity contribution in [2.24, 2.45) is 10.3 Å². The summed E-state index contributed by atoms with van der Waals surface area (Å²) in [4.78, 5) is 16.4. The minimum absolute atomic E-state index is 0.0996. The molecule has 124 valence electrons. The first-order valence-corrected chi connectivity index (χ1v) is 8.35. The molecule has 1 aliphatic carbocycles. The number of nitrogens with zero attached hydrogens (tertiary/aromatic N) is 5. The van der Waals surface area contributed by atoms with Crippen LogP contribution in [-0.2, 0) is 9.53 Å². The maximum absolute atomic E-state index is 11.7. The Labute approximate surface area is 139 Å². The number of pyridine rings is 1. The Morgan fingerprint density at radius 2 is 2.25 bits per heavy atom. The van der Waals surface area contributed by atoms with E-state index in [1.54, 1.807) is 17.8 Å². The van der Waals surface area contributed by atoms with Crippen molar-refractivity contribution in [1.82, 2.24) is 9.38 Å². The zero-order valence-corrected chi connectivity index (χ0v) is 13.8. The molecule has 2 aromatic rings. The molecule has 24 heavy (non-hydrogen) atoms. The summed E-state index contributed by atoms with van der Waals surface area (Å²) in [6, 6.07) is 3.45. The minimum atomic E-state index is -0.661. The lowest BCUT2D eigenvalue weighted by Gasteiger charge is -2.02. The van der Waals surface area contributed by atoms with E-state index in [0.29, 0.717) is 12.5 Å². The van der Waals surface area contributed by atoms with Gasteiger partial charge in [-0.25, -0.2) is 9.78 Å². The van der Waals surface area contributed by atoms with Gasteiger partial charge in [-0.05, 0) is 44.2 Å². The van der Waals surface area contributed by atoms with Gasteiger partial charge in [0.15, 0.2) is 12.3 Å². The highest BCUT2D eigenvalue weighted by Gasteiger charge is 2.34. The zero-order chi connectivity index (χ0) is 16.7. The molecule has 1 fully saturated rings. The van der Waals surface area contributed by atoms with Crippen LogP contribution in [0.25, 0.3) is 5.65 Å². The molecule has 7 heteroatoms. The van der Waals surface area contributed by atoms with Gasteiger partial charge in [-0.1, -0.05) is 6.07 Å². The van der Waals surface area contributed by atoms with Crippen molar-refractivity contribution in [2.75, 3.05) is 6.61 Å². The fourth-order valence-corrected chi connectivity index (χ4v) is 2.89. The molecule has 0 radical (unpaired) electrons. The Balaban J connectivity index is 1.57. The highest BCUT2D eigenvalue weighted by Crippen LogP contribution is 2.40. The van der Waals surface area contributed by atoms with Crippen LogP contribution < -0.4 is 0 Å². The molecule has 2 aliphatic rings. The molecule has 0 spiro atoms. The standard InChI is InChI=1S/C17H20N5O2/c1-3-24-17(23)15-10-22(20-19-15)11(2)14-9-21-8-13(12-4-5-12)6-7-16(21)18-14/h6-12,15H,3-5H2,1-2H3/q+1. The van der Waals surface area contributed by atoms with Crippen LogP contribution >= 0.6 is 0 Å². The Hall–Kier alpha value is -2.57. The van der Waals surface area contributed by atoms with Crippen molar-refractivity contribution in [2.45, 2.75) is 44.7 Å². The van der Waals surface area contributed by atoms with Crippen LogP contribution in [0.3, 0.4) is 0 Å². The van der Waals surface area contributed by atoms with Crippen LogP contribution in [-0.4, -0.2) is 38.9 Å². The fourth-order valence-electron chi connectivity index (χ4n) is 2.89. The predicted molar refractivity (Wildman–Crippen MR) is 87.2 cm³/mol. The number of carbonyl (C=O) groups excluding carboxylic acids is 1. The summed E-state index contributed by atoms with van der Waals surface area (Å²) in [6.07, 6.45) is 8.42. The summed E-state index contributed by atoms with van der Waals surface area (Å²) in [7, 11) is 0. The van der Waals surface area contributed by atoms with Crippen LogP contribution in [0.2, 0.25) is 0 Å². The van der Waals surface area contributed by atoms with E-state index in [1.165, 1.54) is 18.4 Å². The van der Waals surface area contributed by atoms with Crippen LogP contribution in [0.15, 0.2) is 34.9 Å². The van der Waals surface area contributed by atoms with Crippen LogP contribution in [0.5, 0.6) is 0 Å². The topological polar surface area (TPSA) is 71.3 Å². The maximum atomic E-state index is 11.7.